The number of carbonyl (C=O) groups is 2. The fourth-order valence-corrected chi connectivity index (χ4v) is 1.68. The highest BCUT2D eigenvalue weighted by atomic mass is 19.1. The zero-order valence-corrected chi connectivity index (χ0v) is 9.94. The number of amides is 1. The van der Waals surface area contributed by atoms with Gasteiger partial charge in [0, 0.05) is 31.8 Å². The summed E-state index contributed by atoms with van der Waals surface area (Å²) in [5.74, 6) is -0.927. The highest BCUT2D eigenvalue weighted by molar-refractivity contribution is 6.09. The predicted octanol–water partition coefficient (Wildman–Crippen LogP) is 0.954. The average Bonchev–Trinajstić information content (AvgIpc) is 2.36. The Bertz CT molecular complexity index is 508. The molecule has 0 aromatic heterocycles. The van der Waals surface area contributed by atoms with Crippen LogP contribution >= 0.6 is 0 Å². The van der Waals surface area contributed by atoms with Crippen molar-refractivity contribution < 1.29 is 14.0 Å². The van der Waals surface area contributed by atoms with Gasteiger partial charge in [0.2, 0.25) is 0 Å². The second kappa shape index (κ2) is 5.00. The second-order valence-corrected chi connectivity index (χ2v) is 4.08. The van der Waals surface area contributed by atoms with E-state index >= 15 is 0 Å². The minimum absolute atomic E-state index is 0.211. The Hall–Kier alpha value is -2.17. The summed E-state index contributed by atoms with van der Waals surface area (Å²) in [4.78, 5) is 25.1. The summed E-state index contributed by atoms with van der Waals surface area (Å²) in [5.41, 5.74) is 0.629. The molecule has 0 saturated carbocycles. The molecule has 5 heteroatoms. The SMILES string of the molecule is CN1CCN/C(=C\C(=O)c2ccc(F)cc2)C1=O. The smallest absolute Gasteiger partial charge is 0.269 e. The maximum Gasteiger partial charge on any atom is 0.269 e. The van der Waals surface area contributed by atoms with Crippen LogP contribution in [0.4, 0.5) is 4.39 Å². The summed E-state index contributed by atoms with van der Waals surface area (Å²) in [5, 5.41) is 2.89. The van der Waals surface area contributed by atoms with Gasteiger partial charge < -0.3 is 10.2 Å². The van der Waals surface area contributed by atoms with Gasteiger partial charge in [0.05, 0.1) is 0 Å². The van der Waals surface area contributed by atoms with Crippen LogP contribution in [0.2, 0.25) is 0 Å². The van der Waals surface area contributed by atoms with Crippen LogP contribution in [0.25, 0.3) is 0 Å². The summed E-state index contributed by atoms with van der Waals surface area (Å²) in [6.45, 7) is 1.23. The Balaban J connectivity index is 2.19. The minimum Gasteiger partial charge on any atom is -0.379 e. The fourth-order valence-electron chi connectivity index (χ4n) is 1.68. The molecular formula is C13H13FN2O2. The molecule has 1 aliphatic rings. The number of likely N-dealkylation sites (N-methyl/N-ethyl adjacent to an activating group) is 1. The number of rotatable bonds is 2. The molecule has 0 aliphatic carbocycles. The maximum absolute atomic E-state index is 12.7. The summed E-state index contributed by atoms with van der Waals surface area (Å²) in [6, 6.07) is 5.22. The molecule has 1 aromatic rings. The van der Waals surface area contributed by atoms with Crippen LogP contribution in [0.5, 0.6) is 0 Å². The van der Waals surface area contributed by atoms with Crippen molar-refractivity contribution in [2.45, 2.75) is 0 Å². The van der Waals surface area contributed by atoms with Gasteiger partial charge in [-0.3, -0.25) is 9.59 Å². The number of piperazine rings is 1. The van der Waals surface area contributed by atoms with E-state index in [4.69, 9.17) is 0 Å². The molecule has 4 nitrogen and oxygen atoms in total. The Morgan fingerprint density at radius 2 is 2.06 bits per heavy atom. The van der Waals surface area contributed by atoms with Gasteiger partial charge in [0.15, 0.2) is 5.78 Å². The van der Waals surface area contributed by atoms with Crippen molar-refractivity contribution in [1.82, 2.24) is 10.2 Å². The molecular weight excluding hydrogens is 235 g/mol. The lowest BCUT2D eigenvalue weighted by Gasteiger charge is -2.25. The molecule has 1 aromatic carbocycles. The molecule has 1 heterocycles. The van der Waals surface area contributed by atoms with Crippen LogP contribution in [0.1, 0.15) is 10.4 Å². The summed E-state index contributed by atoms with van der Waals surface area (Å²) in [7, 11) is 1.68. The Morgan fingerprint density at radius 3 is 2.72 bits per heavy atom. The van der Waals surface area contributed by atoms with Crippen molar-refractivity contribution in [3.05, 3.63) is 47.4 Å². The number of nitrogens with zero attached hydrogens (tertiary/aromatic N) is 1. The van der Waals surface area contributed by atoms with Gasteiger partial charge in [-0.1, -0.05) is 0 Å². The maximum atomic E-state index is 12.7. The molecule has 0 bridgehead atoms. The first kappa shape index (κ1) is 12.3. The number of carbonyl (C=O) groups excluding carboxylic acids is 2. The number of nitrogens with one attached hydrogen (secondary N) is 1. The molecule has 1 saturated heterocycles. The topological polar surface area (TPSA) is 49.4 Å². The van der Waals surface area contributed by atoms with E-state index in [-0.39, 0.29) is 17.4 Å². The van der Waals surface area contributed by atoms with Crippen LogP contribution < -0.4 is 5.32 Å². The molecule has 0 radical (unpaired) electrons. The van der Waals surface area contributed by atoms with Crippen LogP contribution in [0, 0.1) is 5.82 Å². The zero-order valence-electron chi connectivity index (χ0n) is 9.94. The highest BCUT2D eigenvalue weighted by Gasteiger charge is 2.20. The lowest BCUT2D eigenvalue weighted by molar-refractivity contribution is -0.127. The van der Waals surface area contributed by atoms with Crippen molar-refractivity contribution in [2.24, 2.45) is 0 Å². The zero-order chi connectivity index (χ0) is 13.1. The van der Waals surface area contributed by atoms with Gasteiger partial charge in [-0.05, 0) is 24.3 Å². The number of allylic oxidation sites excluding steroid dienone is 1. The second-order valence-electron chi connectivity index (χ2n) is 4.08. The monoisotopic (exact) mass is 248 g/mol. The predicted molar refractivity (Wildman–Crippen MR) is 64.5 cm³/mol. The van der Waals surface area contributed by atoms with Gasteiger partial charge in [0.25, 0.3) is 5.91 Å². The van der Waals surface area contributed by atoms with Crippen LogP contribution in [-0.4, -0.2) is 36.7 Å². The quantitative estimate of drug-likeness (QED) is 0.626. The van der Waals surface area contributed by atoms with Crippen LogP contribution in [0.3, 0.4) is 0 Å². The standard InChI is InChI=1S/C13H13FN2O2/c1-16-7-6-15-11(13(16)18)8-12(17)9-2-4-10(14)5-3-9/h2-5,8,15H,6-7H2,1H3/b11-8-. The van der Waals surface area contributed by atoms with Gasteiger partial charge in [-0.15, -0.1) is 0 Å². The minimum atomic E-state index is -0.397. The largest absolute Gasteiger partial charge is 0.379 e. The first-order valence-electron chi connectivity index (χ1n) is 5.59. The first-order valence-corrected chi connectivity index (χ1v) is 5.59. The van der Waals surface area contributed by atoms with E-state index in [1.54, 1.807) is 11.9 Å². The Labute approximate surface area is 104 Å². The van der Waals surface area contributed by atoms with Crippen LogP contribution in [-0.2, 0) is 4.79 Å². The summed E-state index contributed by atoms with van der Waals surface area (Å²) >= 11 is 0. The third-order valence-corrected chi connectivity index (χ3v) is 2.74. The molecule has 1 N–H and O–H groups in total. The number of hydrogen-bond acceptors (Lipinski definition) is 3. The molecule has 94 valence electrons. The van der Waals surface area contributed by atoms with Gasteiger partial charge in [-0.2, -0.15) is 0 Å². The van der Waals surface area contributed by atoms with Crippen molar-refractivity contribution >= 4 is 11.7 Å². The van der Waals surface area contributed by atoms with E-state index in [2.05, 4.69) is 5.32 Å². The van der Waals surface area contributed by atoms with Gasteiger partial charge in [0.1, 0.15) is 11.5 Å². The van der Waals surface area contributed by atoms with E-state index in [0.29, 0.717) is 18.7 Å². The molecule has 1 fully saturated rings. The normalized spacial score (nSPS) is 17.8. The lowest BCUT2D eigenvalue weighted by atomic mass is 10.1. The van der Waals surface area contributed by atoms with E-state index in [0.717, 1.165) is 0 Å². The molecule has 0 atom stereocenters. The van der Waals surface area contributed by atoms with Crippen molar-refractivity contribution in [3.63, 3.8) is 0 Å². The molecule has 1 aliphatic heterocycles. The van der Waals surface area contributed by atoms with Crippen molar-refractivity contribution in [1.29, 1.82) is 0 Å². The summed E-state index contributed by atoms with van der Waals surface area (Å²) in [6.07, 6.45) is 1.26. The Morgan fingerprint density at radius 1 is 1.39 bits per heavy atom. The van der Waals surface area contributed by atoms with Gasteiger partial charge >= 0.3 is 0 Å². The van der Waals surface area contributed by atoms with Gasteiger partial charge in [-0.25, -0.2) is 4.39 Å². The molecule has 0 spiro atoms. The molecule has 18 heavy (non-hydrogen) atoms. The van der Waals surface area contributed by atoms with Crippen molar-refractivity contribution in [2.75, 3.05) is 20.1 Å². The van der Waals surface area contributed by atoms with E-state index in [1.165, 1.54) is 30.3 Å². The van der Waals surface area contributed by atoms with E-state index in [9.17, 15) is 14.0 Å². The first-order chi connectivity index (χ1) is 8.58. The number of benzene rings is 1. The van der Waals surface area contributed by atoms with E-state index < -0.39 is 5.82 Å². The molecule has 2 rings (SSSR count). The van der Waals surface area contributed by atoms with Crippen LogP contribution in [0.15, 0.2) is 36.0 Å². The van der Waals surface area contributed by atoms with Crippen molar-refractivity contribution in [3.8, 4) is 0 Å². The highest BCUT2D eigenvalue weighted by Crippen LogP contribution is 2.08. The molecule has 0 unspecified atom stereocenters. The Kier molecular flexibility index (Phi) is 3.41. The third-order valence-electron chi connectivity index (χ3n) is 2.74. The number of halogens is 1. The lowest BCUT2D eigenvalue weighted by Crippen LogP contribution is -2.44. The average molecular weight is 248 g/mol. The van der Waals surface area contributed by atoms with E-state index in [1.807, 2.05) is 0 Å². The third kappa shape index (κ3) is 2.56. The molecule has 1 amide bonds. The number of ketones is 1. The summed E-state index contributed by atoms with van der Waals surface area (Å²) < 4.78 is 12.7. The fraction of sp³-hybridized carbons (Fsp3) is 0.231. The number of hydrogen-bond donors (Lipinski definition) is 1.